The summed E-state index contributed by atoms with van der Waals surface area (Å²) in [6, 6.07) is 4.59. The summed E-state index contributed by atoms with van der Waals surface area (Å²) in [7, 11) is 0. The van der Waals surface area contributed by atoms with Crippen LogP contribution < -0.4 is 5.73 Å². The van der Waals surface area contributed by atoms with Crippen LogP contribution in [0.4, 0.5) is 0 Å². The van der Waals surface area contributed by atoms with Crippen molar-refractivity contribution < 1.29 is 0 Å². The second-order valence-corrected chi connectivity index (χ2v) is 7.07. The van der Waals surface area contributed by atoms with Crippen molar-refractivity contribution >= 4 is 0 Å². The van der Waals surface area contributed by atoms with Crippen molar-refractivity contribution in [1.29, 1.82) is 0 Å². The largest absolute Gasteiger partial charge is 0.325 e. The summed E-state index contributed by atoms with van der Waals surface area (Å²) in [5, 5.41) is 0. The van der Waals surface area contributed by atoms with E-state index in [1.807, 2.05) is 0 Å². The molecule has 106 valence electrons. The van der Waals surface area contributed by atoms with Crippen molar-refractivity contribution in [3.8, 4) is 0 Å². The molecular formula is C18H29N. The van der Waals surface area contributed by atoms with Crippen molar-refractivity contribution in [1.82, 2.24) is 0 Å². The van der Waals surface area contributed by atoms with Crippen LogP contribution >= 0.6 is 0 Å². The van der Waals surface area contributed by atoms with Crippen LogP contribution in [0.3, 0.4) is 0 Å². The minimum atomic E-state index is -0.00269. The minimum Gasteiger partial charge on any atom is -0.325 e. The fraction of sp³-hybridized carbons (Fsp3) is 0.667. The highest BCUT2D eigenvalue weighted by Gasteiger charge is 2.37. The first-order valence-corrected chi connectivity index (χ1v) is 7.67. The zero-order chi connectivity index (χ0) is 14.2. The van der Waals surface area contributed by atoms with Crippen molar-refractivity contribution in [2.45, 2.75) is 65.8 Å². The molecule has 0 bridgehead atoms. The van der Waals surface area contributed by atoms with Gasteiger partial charge in [-0.05, 0) is 75.0 Å². The van der Waals surface area contributed by atoms with E-state index in [-0.39, 0.29) is 5.54 Å². The first-order chi connectivity index (χ1) is 8.82. The van der Waals surface area contributed by atoms with Crippen molar-refractivity contribution in [2.75, 3.05) is 0 Å². The molecule has 2 rings (SSSR count). The van der Waals surface area contributed by atoms with Gasteiger partial charge in [0.2, 0.25) is 0 Å². The molecule has 1 aromatic carbocycles. The van der Waals surface area contributed by atoms with Gasteiger partial charge in [-0.15, -0.1) is 0 Å². The summed E-state index contributed by atoms with van der Waals surface area (Å²) >= 11 is 0. The SMILES string of the molecule is Cc1cc(C)c(CC2(N)CCC(C)CC2C)c(C)c1. The number of nitrogens with two attached hydrogens (primary N) is 1. The van der Waals surface area contributed by atoms with Gasteiger partial charge < -0.3 is 5.73 Å². The summed E-state index contributed by atoms with van der Waals surface area (Å²) in [6.07, 6.45) is 4.77. The van der Waals surface area contributed by atoms with E-state index in [1.54, 1.807) is 0 Å². The zero-order valence-electron chi connectivity index (χ0n) is 13.2. The van der Waals surface area contributed by atoms with Gasteiger partial charge in [0, 0.05) is 5.54 Å². The van der Waals surface area contributed by atoms with E-state index >= 15 is 0 Å². The van der Waals surface area contributed by atoms with Gasteiger partial charge in [0.1, 0.15) is 0 Å². The molecule has 0 radical (unpaired) electrons. The Kier molecular flexibility index (Phi) is 4.06. The maximum Gasteiger partial charge on any atom is 0.0221 e. The van der Waals surface area contributed by atoms with Crippen LogP contribution in [0.5, 0.6) is 0 Å². The molecule has 1 aliphatic rings. The fourth-order valence-corrected chi connectivity index (χ4v) is 3.80. The topological polar surface area (TPSA) is 26.0 Å². The number of aryl methyl sites for hydroxylation is 3. The van der Waals surface area contributed by atoms with Crippen LogP contribution in [0, 0.1) is 32.6 Å². The number of benzene rings is 1. The summed E-state index contributed by atoms with van der Waals surface area (Å²) in [5.74, 6) is 1.46. The molecule has 0 heterocycles. The summed E-state index contributed by atoms with van der Waals surface area (Å²) in [6.45, 7) is 11.3. The monoisotopic (exact) mass is 259 g/mol. The number of hydrogen-bond acceptors (Lipinski definition) is 1. The van der Waals surface area contributed by atoms with Crippen molar-refractivity contribution in [3.05, 3.63) is 34.4 Å². The first kappa shape index (κ1) is 14.6. The standard InChI is InChI=1S/C18H29N/c1-12-6-7-18(19,16(5)10-12)11-17-14(3)8-13(2)9-15(17)4/h8-9,12,16H,6-7,10-11,19H2,1-5H3. The quantitative estimate of drug-likeness (QED) is 0.841. The third-order valence-corrected chi connectivity index (χ3v) is 5.19. The Morgan fingerprint density at radius 3 is 2.26 bits per heavy atom. The lowest BCUT2D eigenvalue weighted by Crippen LogP contribution is -2.51. The smallest absolute Gasteiger partial charge is 0.0221 e. The predicted molar refractivity (Wildman–Crippen MR) is 83.5 cm³/mol. The second-order valence-electron chi connectivity index (χ2n) is 7.07. The van der Waals surface area contributed by atoms with Crippen LogP contribution in [-0.4, -0.2) is 5.54 Å². The number of rotatable bonds is 2. The molecule has 1 aromatic rings. The molecule has 3 unspecified atom stereocenters. The molecule has 0 aliphatic heterocycles. The van der Waals surface area contributed by atoms with Crippen LogP contribution in [0.15, 0.2) is 12.1 Å². The fourth-order valence-electron chi connectivity index (χ4n) is 3.80. The van der Waals surface area contributed by atoms with Gasteiger partial charge in [-0.25, -0.2) is 0 Å². The molecule has 0 aromatic heterocycles. The zero-order valence-corrected chi connectivity index (χ0v) is 13.2. The normalized spacial score (nSPS) is 31.5. The minimum absolute atomic E-state index is 0.00269. The molecule has 3 atom stereocenters. The second kappa shape index (κ2) is 5.28. The van der Waals surface area contributed by atoms with E-state index in [0.717, 1.165) is 12.3 Å². The van der Waals surface area contributed by atoms with Gasteiger partial charge in [-0.2, -0.15) is 0 Å². The van der Waals surface area contributed by atoms with Crippen molar-refractivity contribution in [3.63, 3.8) is 0 Å². The molecular weight excluding hydrogens is 230 g/mol. The van der Waals surface area contributed by atoms with Crippen LogP contribution in [-0.2, 0) is 6.42 Å². The highest BCUT2D eigenvalue weighted by Crippen LogP contribution is 2.38. The van der Waals surface area contributed by atoms with E-state index in [2.05, 4.69) is 46.8 Å². The molecule has 1 aliphatic carbocycles. The Morgan fingerprint density at radius 1 is 1.16 bits per heavy atom. The Labute approximate surface area is 118 Å². The molecule has 2 N–H and O–H groups in total. The van der Waals surface area contributed by atoms with Crippen LogP contribution in [0.25, 0.3) is 0 Å². The lowest BCUT2D eigenvalue weighted by atomic mass is 9.67. The Balaban J connectivity index is 2.25. The predicted octanol–water partition coefficient (Wildman–Crippen LogP) is 4.31. The van der Waals surface area contributed by atoms with Gasteiger partial charge >= 0.3 is 0 Å². The molecule has 1 fully saturated rings. The average molecular weight is 259 g/mol. The lowest BCUT2D eigenvalue weighted by molar-refractivity contribution is 0.163. The third kappa shape index (κ3) is 3.02. The highest BCUT2D eigenvalue weighted by molar-refractivity contribution is 5.38. The van der Waals surface area contributed by atoms with E-state index in [1.165, 1.54) is 41.5 Å². The highest BCUT2D eigenvalue weighted by atomic mass is 14.8. The summed E-state index contributed by atoms with van der Waals surface area (Å²) in [4.78, 5) is 0. The number of hydrogen-bond donors (Lipinski definition) is 1. The van der Waals surface area contributed by atoms with Gasteiger partial charge in [0.15, 0.2) is 0 Å². The van der Waals surface area contributed by atoms with Gasteiger partial charge in [0.25, 0.3) is 0 Å². The molecule has 1 nitrogen and oxygen atoms in total. The molecule has 19 heavy (non-hydrogen) atoms. The van der Waals surface area contributed by atoms with E-state index in [0.29, 0.717) is 5.92 Å². The Morgan fingerprint density at radius 2 is 1.74 bits per heavy atom. The van der Waals surface area contributed by atoms with E-state index in [4.69, 9.17) is 5.73 Å². The van der Waals surface area contributed by atoms with Gasteiger partial charge in [-0.1, -0.05) is 31.5 Å². The average Bonchev–Trinajstić information content (AvgIpc) is 2.30. The molecule has 1 saturated carbocycles. The lowest BCUT2D eigenvalue weighted by Gasteiger charge is -2.42. The van der Waals surface area contributed by atoms with Crippen LogP contribution in [0.1, 0.15) is 55.4 Å². The Bertz CT molecular complexity index is 440. The van der Waals surface area contributed by atoms with E-state index in [9.17, 15) is 0 Å². The molecule has 1 heteroatoms. The van der Waals surface area contributed by atoms with Crippen LogP contribution in [0.2, 0.25) is 0 Å². The third-order valence-electron chi connectivity index (χ3n) is 5.19. The maximum atomic E-state index is 6.77. The Hall–Kier alpha value is -0.820. The van der Waals surface area contributed by atoms with Gasteiger partial charge in [0.05, 0.1) is 0 Å². The molecule has 0 spiro atoms. The summed E-state index contributed by atoms with van der Waals surface area (Å²) in [5.41, 5.74) is 12.4. The molecule has 0 amide bonds. The summed E-state index contributed by atoms with van der Waals surface area (Å²) < 4.78 is 0. The first-order valence-electron chi connectivity index (χ1n) is 7.67. The maximum absolute atomic E-state index is 6.77. The van der Waals surface area contributed by atoms with Crippen molar-refractivity contribution in [2.24, 2.45) is 17.6 Å². The van der Waals surface area contributed by atoms with Gasteiger partial charge in [-0.3, -0.25) is 0 Å². The van der Waals surface area contributed by atoms with E-state index < -0.39 is 0 Å². The molecule has 0 saturated heterocycles.